The number of amides is 1. The second-order valence-corrected chi connectivity index (χ2v) is 9.32. The topological polar surface area (TPSA) is 50.8 Å². The highest BCUT2D eigenvalue weighted by atomic mass is 16.5. The van der Waals surface area contributed by atoms with E-state index < -0.39 is 0 Å². The van der Waals surface area contributed by atoms with Gasteiger partial charge in [-0.05, 0) is 60.5 Å². The molecule has 0 saturated carbocycles. The third kappa shape index (κ3) is 5.10. The lowest BCUT2D eigenvalue weighted by Crippen LogP contribution is -2.42. The van der Waals surface area contributed by atoms with Crippen LogP contribution in [0.1, 0.15) is 24.8 Å². The van der Waals surface area contributed by atoms with E-state index in [0.717, 1.165) is 60.8 Å². The fourth-order valence-electron chi connectivity index (χ4n) is 5.29. The van der Waals surface area contributed by atoms with E-state index in [0.29, 0.717) is 24.9 Å². The molecule has 3 aromatic carbocycles. The van der Waals surface area contributed by atoms with Crippen molar-refractivity contribution in [1.29, 1.82) is 0 Å². The molecule has 5 heteroatoms. The van der Waals surface area contributed by atoms with E-state index in [1.165, 1.54) is 5.56 Å². The van der Waals surface area contributed by atoms with Crippen molar-refractivity contribution in [1.82, 2.24) is 4.90 Å². The van der Waals surface area contributed by atoms with Gasteiger partial charge in [0.05, 0.1) is 19.4 Å². The number of fused-ring (bicyclic) bond motifs is 2. The summed E-state index contributed by atoms with van der Waals surface area (Å²) in [5.74, 6) is 2.55. The van der Waals surface area contributed by atoms with Crippen LogP contribution < -0.4 is 14.8 Å². The number of hydrogen-bond donors (Lipinski definition) is 1. The third-order valence-electron chi connectivity index (χ3n) is 7.12. The number of rotatable bonds is 4. The van der Waals surface area contributed by atoms with Gasteiger partial charge in [-0.2, -0.15) is 0 Å². The predicted molar refractivity (Wildman–Crippen MR) is 135 cm³/mol. The molecule has 5 nitrogen and oxygen atoms in total. The predicted octanol–water partition coefficient (Wildman–Crippen LogP) is 5.61. The molecule has 2 aliphatic rings. The molecule has 1 amide bonds. The van der Waals surface area contributed by atoms with Gasteiger partial charge < -0.3 is 14.8 Å². The van der Waals surface area contributed by atoms with Crippen molar-refractivity contribution in [3.8, 4) is 22.6 Å². The molecule has 2 aliphatic heterocycles. The lowest BCUT2D eigenvalue weighted by molar-refractivity contribution is -0.118. The number of nitrogens with one attached hydrogen (secondary N) is 1. The van der Waals surface area contributed by atoms with Crippen LogP contribution in [0.5, 0.6) is 11.5 Å². The number of piperidine rings is 1. The van der Waals surface area contributed by atoms with E-state index in [-0.39, 0.29) is 5.91 Å². The van der Waals surface area contributed by atoms with Gasteiger partial charge in [0.15, 0.2) is 0 Å². The van der Waals surface area contributed by atoms with Gasteiger partial charge in [-0.1, -0.05) is 54.6 Å². The molecule has 0 aromatic heterocycles. The zero-order valence-corrected chi connectivity index (χ0v) is 19.7. The Balaban J connectivity index is 1.29. The van der Waals surface area contributed by atoms with Gasteiger partial charge in [-0.15, -0.1) is 0 Å². The Morgan fingerprint density at radius 1 is 0.971 bits per heavy atom. The minimum absolute atomic E-state index is 0.0742. The Hall–Kier alpha value is -3.31. The molecule has 5 rings (SSSR count). The van der Waals surface area contributed by atoms with Crippen molar-refractivity contribution in [2.24, 2.45) is 11.8 Å². The van der Waals surface area contributed by atoms with E-state index in [4.69, 9.17) is 9.47 Å². The Labute approximate surface area is 201 Å². The number of benzene rings is 3. The van der Waals surface area contributed by atoms with E-state index in [1.807, 2.05) is 42.5 Å². The van der Waals surface area contributed by atoms with E-state index >= 15 is 0 Å². The molecular weight excluding hydrogens is 424 g/mol. The summed E-state index contributed by atoms with van der Waals surface area (Å²) in [5, 5.41) is 3.15. The lowest BCUT2D eigenvalue weighted by Gasteiger charge is -2.39. The zero-order valence-electron chi connectivity index (χ0n) is 19.7. The maximum absolute atomic E-state index is 13.0. The highest BCUT2D eigenvalue weighted by Crippen LogP contribution is 2.35. The average molecular weight is 457 g/mol. The summed E-state index contributed by atoms with van der Waals surface area (Å²) in [4.78, 5) is 15.5. The average Bonchev–Trinajstić information content (AvgIpc) is 2.87. The third-order valence-corrected chi connectivity index (χ3v) is 7.12. The van der Waals surface area contributed by atoms with Gasteiger partial charge >= 0.3 is 0 Å². The largest absolute Gasteiger partial charge is 0.496 e. The Bertz CT molecular complexity index is 1130. The first-order valence-corrected chi connectivity index (χ1v) is 12.2. The molecule has 1 fully saturated rings. The van der Waals surface area contributed by atoms with Crippen LogP contribution in [0.25, 0.3) is 11.1 Å². The summed E-state index contributed by atoms with van der Waals surface area (Å²) in [7, 11) is 1.73. The van der Waals surface area contributed by atoms with Crippen LogP contribution >= 0.6 is 0 Å². The van der Waals surface area contributed by atoms with Gasteiger partial charge in [-0.25, -0.2) is 0 Å². The molecule has 0 radical (unpaired) electrons. The molecule has 3 aromatic rings. The number of ether oxygens (including phenoxy) is 2. The number of carbonyl (C=O) groups is 1. The summed E-state index contributed by atoms with van der Waals surface area (Å²) in [6.07, 6.45) is 2.52. The first-order chi connectivity index (χ1) is 16.7. The summed E-state index contributed by atoms with van der Waals surface area (Å²) >= 11 is 0. The summed E-state index contributed by atoms with van der Waals surface area (Å²) in [5.41, 5.74) is 4.17. The van der Waals surface area contributed by atoms with Crippen molar-refractivity contribution >= 4 is 11.6 Å². The second kappa shape index (κ2) is 10.3. The standard InChI is InChI=1S/C29H32N2O3/c1-33-27-10-6-5-9-25(27)20-31-15-13-23-18-29(32)30-26-17-22(21-7-3-2-4-8-21)11-12-28(26)34-16-14-24(23)19-31/h2-12,17,23-24H,13-16,18-20H2,1H3,(H,30,32)/t23-,24-/m0/s1. The van der Waals surface area contributed by atoms with Crippen molar-refractivity contribution in [2.45, 2.75) is 25.8 Å². The van der Waals surface area contributed by atoms with Crippen molar-refractivity contribution < 1.29 is 14.3 Å². The van der Waals surface area contributed by atoms with Gasteiger partial charge in [0.25, 0.3) is 0 Å². The summed E-state index contributed by atoms with van der Waals surface area (Å²) in [6, 6.07) is 24.5. The first-order valence-electron chi connectivity index (χ1n) is 12.2. The van der Waals surface area contributed by atoms with Crippen molar-refractivity contribution in [3.63, 3.8) is 0 Å². The highest BCUT2D eigenvalue weighted by molar-refractivity contribution is 5.93. The maximum atomic E-state index is 13.0. The molecule has 0 unspecified atom stereocenters. The van der Waals surface area contributed by atoms with Gasteiger partial charge in [-0.3, -0.25) is 9.69 Å². The van der Waals surface area contributed by atoms with E-state index in [2.05, 4.69) is 40.5 Å². The number of likely N-dealkylation sites (tertiary alicyclic amines) is 1. The monoisotopic (exact) mass is 456 g/mol. The number of hydrogen-bond acceptors (Lipinski definition) is 4. The smallest absolute Gasteiger partial charge is 0.224 e. The lowest BCUT2D eigenvalue weighted by atomic mass is 9.81. The summed E-state index contributed by atoms with van der Waals surface area (Å²) in [6.45, 7) is 3.48. The van der Waals surface area contributed by atoms with Crippen LogP contribution in [0.2, 0.25) is 0 Å². The molecule has 176 valence electrons. The molecule has 1 saturated heterocycles. The van der Waals surface area contributed by atoms with Crippen LogP contribution in [0, 0.1) is 11.8 Å². The minimum atomic E-state index is 0.0742. The molecule has 0 aliphatic carbocycles. The van der Waals surface area contributed by atoms with Crippen molar-refractivity contribution in [2.75, 3.05) is 32.1 Å². The summed E-state index contributed by atoms with van der Waals surface area (Å²) < 4.78 is 11.7. The number of methoxy groups -OCH3 is 1. The molecule has 2 heterocycles. The van der Waals surface area contributed by atoms with Crippen LogP contribution in [0.3, 0.4) is 0 Å². The molecule has 1 N–H and O–H groups in total. The van der Waals surface area contributed by atoms with Crippen LogP contribution in [0.15, 0.2) is 72.8 Å². The van der Waals surface area contributed by atoms with Crippen LogP contribution in [0.4, 0.5) is 5.69 Å². The van der Waals surface area contributed by atoms with E-state index in [1.54, 1.807) is 7.11 Å². The Morgan fingerprint density at radius 3 is 2.65 bits per heavy atom. The highest BCUT2D eigenvalue weighted by Gasteiger charge is 2.32. The van der Waals surface area contributed by atoms with Crippen LogP contribution in [-0.4, -0.2) is 37.6 Å². The number of para-hydroxylation sites is 1. The Kier molecular flexibility index (Phi) is 6.82. The van der Waals surface area contributed by atoms with Gasteiger partial charge in [0.2, 0.25) is 5.91 Å². The second-order valence-electron chi connectivity index (χ2n) is 9.32. The van der Waals surface area contributed by atoms with E-state index in [9.17, 15) is 4.79 Å². The zero-order chi connectivity index (χ0) is 23.3. The first kappa shape index (κ1) is 22.5. The normalized spacial score (nSPS) is 20.9. The number of carbonyl (C=O) groups excluding carboxylic acids is 1. The fourth-order valence-corrected chi connectivity index (χ4v) is 5.29. The number of anilines is 1. The van der Waals surface area contributed by atoms with Gasteiger partial charge in [0, 0.05) is 25.1 Å². The van der Waals surface area contributed by atoms with Crippen molar-refractivity contribution in [3.05, 3.63) is 78.4 Å². The molecule has 2 atom stereocenters. The Morgan fingerprint density at radius 2 is 1.79 bits per heavy atom. The van der Waals surface area contributed by atoms with Crippen LogP contribution in [-0.2, 0) is 11.3 Å². The minimum Gasteiger partial charge on any atom is -0.496 e. The molecule has 34 heavy (non-hydrogen) atoms. The maximum Gasteiger partial charge on any atom is 0.224 e. The van der Waals surface area contributed by atoms with Gasteiger partial charge in [0.1, 0.15) is 11.5 Å². The molecule has 0 spiro atoms. The molecular formula is C29H32N2O3. The fraction of sp³-hybridized carbons (Fsp3) is 0.345. The SMILES string of the molecule is COc1ccccc1CN1CC[C@H]2CC(=O)Nc3cc(-c4ccccc4)ccc3OCC[C@H]2C1. The molecule has 0 bridgehead atoms. The quantitative estimate of drug-likeness (QED) is 0.554. The number of nitrogens with zero attached hydrogens (tertiary/aromatic N) is 1.